The Kier molecular flexibility index (Phi) is 3.91. The third-order valence-corrected chi connectivity index (χ3v) is 2.75. The van der Waals surface area contributed by atoms with E-state index < -0.39 is 6.10 Å². The molecular weight excluding hydrogens is 246 g/mol. The molecule has 6 heteroatoms. The Bertz CT molecular complexity index is 575. The largest absolute Gasteiger partial charge is 0.480 e. The lowest BCUT2D eigenvalue weighted by Crippen LogP contribution is -2.09. The van der Waals surface area contributed by atoms with Crippen molar-refractivity contribution in [2.75, 3.05) is 14.2 Å². The standard InChI is InChI=1S/C13H15N3O3/c1-8-9(5-4-6-14-8)12(17)11-13(19-3)16-10(18-2)7-15-11/h4-7,12,17H,1-3H3. The summed E-state index contributed by atoms with van der Waals surface area (Å²) >= 11 is 0. The lowest BCUT2D eigenvalue weighted by Gasteiger charge is -2.15. The summed E-state index contributed by atoms with van der Waals surface area (Å²) in [6.07, 6.45) is 2.16. The monoisotopic (exact) mass is 261 g/mol. The summed E-state index contributed by atoms with van der Waals surface area (Å²) in [5.41, 5.74) is 1.73. The minimum atomic E-state index is -0.943. The fourth-order valence-corrected chi connectivity index (χ4v) is 1.74. The maximum absolute atomic E-state index is 10.4. The molecule has 0 fully saturated rings. The number of nitrogens with zero attached hydrogens (tertiary/aromatic N) is 3. The van der Waals surface area contributed by atoms with E-state index in [2.05, 4.69) is 15.0 Å². The van der Waals surface area contributed by atoms with Gasteiger partial charge in [0.1, 0.15) is 11.8 Å². The van der Waals surface area contributed by atoms with E-state index in [1.54, 1.807) is 18.3 Å². The predicted molar refractivity (Wildman–Crippen MR) is 68.2 cm³/mol. The van der Waals surface area contributed by atoms with Gasteiger partial charge in [-0.1, -0.05) is 6.07 Å². The Morgan fingerprint density at radius 3 is 2.63 bits per heavy atom. The number of aliphatic hydroxyl groups excluding tert-OH is 1. The van der Waals surface area contributed by atoms with Gasteiger partial charge in [0.05, 0.1) is 20.4 Å². The zero-order valence-corrected chi connectivity index (χ0v) is 11.0. The summed E-state index contributed by atoms with van der Waals surface area (Å²) in [5.74, 6) is 0.561. The summed E-state index contributed by atoms with van der Waals surface area (Å²) < 4.78 is 10.1. The molecule has 0 spiro atoms. The smallest absolute Gasteiger partial charge is 0.241 e. The van der Waals surface area contributed by atoms with Crippen LogP contribution in [0.4, 0.5) is 0 Å². The molecule has 0 bridgehead atoms. The Balaban J connectivity index is 2.44. The molecule has 1 N–H and O–H groups in total. The molecule has 2 rings (SSSR count). The van der Waals surface area contributed by atoms with Crippen LogP contribution in [0.15, 0.2) is 24.5 Å². The zero-order chi connectivity index (χ0) is 13.8. The average Bonchev–Trinajstić information content (AvgIpc) is 2.46. The van der Waals surface area contributed by atoms with Crippen LogP contribution < -0.4 is 9.47 Å². The van der Waals surface area contributed by atoms with E-state index in [0.717, 1.165) is 5.69 Å². The molecular formula is C13H15N3O3. The van der Waals surface area contributed by atoms with E-state index in [9.17, 15) is 5.11 Å². The highest BCUT2D eigenvalue weighted by atomic mass is 16.5. The molecule has 2 aromatic rings. The first-order valence-corrected chi connectivity index (χ1v) is 5.72. The van der Waals surface area contributed by atoms with E-state index in [1.165, 1.54) is 20.4 Å². The first kappa shape index (κ1) is 13.2. The van der Waals surface area contributed by atoms with Crippen LogP contribution >= 0.6 is 0 Å². The van der Waals surface area contributed by atoms with Crippen LogP contribution in [0.25, 0.3) is 0 Å². The van der Waals surface area contributed by atoms with Crippen LogP contribution in [0.5, 0.6) is 11.8 Å². The highest BCUT2D eigenvalue weighted by Crippen LogP contribution is 2.28. The minimum absolute atomic E-state index is 0.232. The van der Waals surface area contributed by atoms with Crippen molar-refractivity contribution < 1.29 is 14.6 Å². The van der Waals surface area contributed by atoms with Crippen LogP contribution in [0.3, 0.4) is 0 Å². The molecule has 0 saturated carbocycles. The normalized spacial score (nSPS) is 12.0. The molecule has 19 heavy (non-hydrogen) atoms. The lowest BCUT2D eigenvalue weighted by atomic mass is 10.1. The number of aliphatic hydroxyl groups is 1. The summed E-state index contributed by atoms with van der Waals surface area (Å²) in [5, 5.41) is 10.4. The molecule has 0 amide bonds. The number of pyridine rings is 1. The highest BCUT2D eigenvalue weighted by molar-refractivity contribution is 5.34. The molecule has 0 aliphatic carbocycles. The molecule has 2 heterocycles. The molecule has 0 aliphatic rings. The van der Waals surface area contributed by atoms with E-state index in [1.807, 2.05) is 6.92 Å². The number of aryl methyl sites for hydroxylation is 1. The number of ether oxygens (including phenoxy) is 2. The Morgan fingerprint density at radius 1 is 1.21 bits per heavy atom. The summed E-state index contributed by atoms with van der Waals surface area (Å²) in [7, 11) is 2.96. The van der Waals surface area contributed by atoms with Gasteiger partial charge in [-0.2, -0.15) is 4.98 Å². The van der Waals surface area contributed by atoms with Crippen LogP contribution in [0.2, 0.25) is 0 Å². The summed E-state index contributed by atoms with van der Waals surface area (Å²) in [6, 6.07) is 3.55. The Labute approximate surface area is 111 Å². The topological polar surface area (TPSA) is 77.4 Å². The van der Waals surface area contributed by atoms with E-state index in [-0.39, 0.29) is 5.88 Å². The SMILES string of the molecule is COc1cnc(C(O)c2cccnc2C)c(OC)n1. The molecule has 0 aliphatic heterocycles. The molecule has 1 unspecified atom stereocenters. The van der Waals surface area contributed by atoms with Gasteiger partial charge >= 0.3 is 0 Å². The predicted octanol–water partition coefficient (Wildman–Crippen LogP) is 1.28. The van der Waals surface area contributed by atoms with Gasteiger partial charge in [0.2, 0.25) is 11.8 Å². The molecule has 2 aromatic heterocycles. The van der Waals surface area contributed by atoms with Gasteiger partial charge in [0, 0.05) is 17.5 Å². The zero-order valence-electron chi connectivity index (χ0n) is 11.0. The van der Waals surface area contributed by atoms with Crippen LogP contribution in [-0.4, -0.2) is 34.3 Å². The van der Waals surface area contributed by atoms with Crippen molar-refractivity contribution in [3.05, 3.63) is 41.5 Å². The number of aromatic nitrogens is 3. The van der Waals surface area contributed by atoms with Crippen molar-refractivity contribution in [1.29, 1.82) is 0 Å². The Hall–Kier alpha value is -2.21. The van der Waals surface area contributed by atoms with Gasteiger partial charge in [-0.3, -0.25) is 4.98 Å². The van der Waals surface area contributed by atoms with Crippen molar-refractivity contribution in [3.63, 3.8) is 0 Å². The van der Waals surface area contributed by atoms with E-state index >= 15 is 0 Å². The van der Waals surface area contributed by atoms with Crippen molar-refractivity contribution in [2.45, 2.75) is 13.0 Å². The second kappa shape index (κ2) is 5.62. The maximum atomic E-state index is 10.4. The Morgan fingerprint density at radius 2 is 2.00 bits per heavy atom. The fraction of sp³-hybridized carbons (Fsp3) is 0.308. The van der Waals surface area contributed by atoms with E-state index in [4.69, 9.17) is 9.47 Å². The van der Waals surface area contributed by atoms with Gasteiger partial charge in [-0.15, -0.1) is 0 Å². The number of hydrogen-bond donors (Lipinski definition) is 1. The first-order chi connectivity index (χ1) is 9.17. The summed E-state index contributed by atoms with van der Waals surface area (Å²) in [4.78, 5) is 12.4. The molecule has 6 nitrogen and oxygen atoms in total. The second-order valence-corrected chi connectivity index (χ2v) is 3.89. The lowest BCUT2D eigenvalue weighted by molar-refractivity contribution is 0.205. The molecule has 0 radical (unpaired) electrons. The second-order valence-electron chi connectivity index (χ2n) is 3.89. The van der Waals surface area contributed by atoms with Crippen molar-refractivity contribution in [2.24, 2.45) is 0 Å². The number of methoxy groups -OCH3 is 2. The van der Waals surface area contributed by atoms with Crippen LogP contribution in [-0.2, 0) is 0 Å². The van der Waals surface area contributed by atoms with Gasteiger partial charge in [0.15, 0.2) is 0 Å². The minimum Gasteiger partial charge on any atom is -0.480 e. The quantitative estimate of drug-likeness (QED) is 0.893. The van der Waals surface area contributed by atoms with Crippen LogP contribution in [0.1, 0.15) is 23.1 Å². The molecule has 100 valence electrons. The number of rotatable bonds is 4. The third kappa shape index (κ3) is 2.63. The highest BCUT2D eigenvalue weighted by Gasteiger charge is 2.21. The summed E-state index contributed by atoms with van der Waals surface area (Å²) in [6.45, 7) is 1.82. The maximum Gasteiger partial charge on any atom is 0.241 e. The molecule has 0 saturated heterocycles. The van der Waals surface area contributed by atoms with E-state index in [0.29, 0.717) is 17.1 Å². The van der Waals surface area contributed by atoms with Crippen LogP contribution in [0, 0.1) is 6.92 Å². The van der Waals surface area contributed by atoms with Gasteiger partial charge in [-0.05, 0) is 13.0 Å². The fourth-order valence-electron chi connectivity index (χ4n) is 1.74. The van der Waals surface area contributed by atoms with Gasteiger partial charge < -0.3 is 14.6 Å². The first-order valence-electron chi connectivity index (χ1n) is 5.72. The average molecular weight is 261 g/mol. The third-order valence-electron chi connectivity index (χ3n) is 2.75. The number of hydrogen-bond acceptors (Lipinski definition) is 6. The van der Waals surface area contributed by atoms with Gasteiger partial charge in [0.25, 0.3) is 0 Å². The van der Waals surface area contributed by atoms with Crippen molar-refractivity contribution in [3.8, 4) is 11.8 Å². The molecule has 1 atom stereocenters. The van der Waals surface area contributed by atoms with Crippen molar-refractivity contribution in [1.82, 2.24) is 15.0 Å². The molecule has 0 aromatic carbocycles. The van der Waals surface area contributed by atoms with Gasteiger partial charge in [-0.25, -0.2) is 4.98 Å². The van der Waals surface area contributed by atoms with Crippen molar-refractivity contribution >= 4 is 0 Å².